The van der Waals surface area contributed by atoms with Gasteiger partial charge in [0.25, 0.3) is 0 Å². The van der Waals surface area contributed by atoms with Gasteiger partial charge in [0.05, 0.1) is 12.2 Å². The van der Waals surface area contributed by atoms with E-state index in [9.17, 15) is 0 Å². The van der Waals surface area contributed by atoms with Crippen molar-refractivity contribution in [2.75, 3.05) is 6.54 Å². The van der Waals surface area contributed by atoms with E-state index in [4.69, 9.17) is 0 Å². The molecule has 1 aromatic heterocycles. The third-order valence-corrected chi connectivity index (χ3v) is 1.56. The van der Waals surface area contributed by atoms with Crippen molar-refractivity contribution >= 4 is 6.21 Å². The Hall–Kier alpha value is -1.05. The number of aromatic nitrogens is 1. The molecule has 0 radical (unpaired) electrons. The molecular formula is C7H8N2. The van der Waals surface area contributed by atoms with Crippen LogP contribution in [0.25, 0.3) is 0 Å². The SMILES string of the molecule is C1=NCCn2cccc21. The predicted molar refractivity (Wildman–Crippen MR) is 36.9 cm³/mol. The number of hydrogen-bond acceptors (Lipinski definition) is 1. The van der Waals surface area contributed by atoms with Crippen molar-refractivity contribution in [2.45, 2.75) is 6.54 Å². The maximum Gasteiger partial charge on any atom is 0.0588 e. The van der Waals surface area contributed by atoms with Crippen molar-refractivity contribution in [3.05, 3.63) is 24.0 Å². The highest BCUT2D eigenvalue weighted by Crippen LogP contribution is 2.02. The molecule has 9 heavy (non-hydrogen) atoms. The first-order chi connectivity index (χ1) is 4.47. The molecule has 46 valence electrons. The second-order valence-corrected chi connectivity index (χ2v) is 2.16. The van der Waals surface area contributed by atoms with E-state index in [1.807, 2.05) is 12.3 Å². The largest absolute Gasteiger partial charge is 0.345 e. The average molecular weight is 120 g/mol. The third kappa shape index (κ3) is 0.669. The fraction of sp³-hybridized carbons (Fsp3) is 0.286. The van der Waals surface area contributed by atoms with Crippen LogP contribution < -0.4 is 0 Å². The number of hydrogen-bond donors (Lipinski definition) is 0. The van der Waals surface area contributed by atoms with E-state index < -0.39 is 0 Å². The molecule has 2 nitrogen and oxygen atoms in total. The van der Waals surface area contributed by atoms with Crippen LogP contribution >= 0.6 is 0 Å². The van der Waals surface area contributed by atoms with E-state index in [1.54, 1.807) is 0 Å². The average Bonchev–Trinajstić information content (AvgIpc) is 2.33. The van der Waals surface area contributed by atoms with E-state index in [-0.39, 0.29) is 0 Å². The highest BCUT2D eigenvalue weighted by atomic mass is 15.0. The molecule has 0 amide bonds. The Morgan fingerprint density at radius 3 is 3.44 bits per heavy atom. The summed E-state index contributed by atoms with van der Waals surface area (Å²) < 4.78 is 2.20. The zero-order chi connectivity index (χ0) is 6.10. The highest BCUT2D eigenvalue weighted by Gasteiger charge is 1.99. The minimum atomic E-state index is 0.932. The quantitative estimate of drug-likeness (QED) is 0.484. The molecule has 0 saturated carbocycles. The fourth-order valence-electron chi connectivity index (χ4n) is 1.07. The van der Waals surface area contributed by atoms with Gasteiger partial charge in [-0.2, -0.15) is 0 Å². The van der Waals surface area contributed by atoms with Crippen LogP contribution in [-0.4, -0.2) is 17.3 Å². The first kappa shape index (κ1) is 4.79. The van der Waals surface area contributed by atoms with Crippen LogP contribution in [0.15, 0.2) is 23.3 Å². The van der Waals surface area contributed by atoms with Gasteiger partial charge >= 0.3 is 0 Å². The lowest BCUT2D eigenvalue weighted by Gasteiger charge is -2.07. The second-order valence-electron chi connectivity index (χ2n) is 2.16. The van der Waals surface area contributed by atoms with Crippen LogP contribution in [0.4, 0.5) is 0 Å². The van der Waals surface area contributed by atoms with Crippen molar-refractivity contribution in [3.8, 4) is 0 Å². The Bertz CT molecular complexity index is 235. The summed E-state index contributed by atoms with van der Waals surface area (Å²) in [6.07, 6.45) is 4.00. The molecule has 0 saturated heterocycles. The number of nitrogens with zero attached hydrogens (tertiary/aromatic N) is 2. The molecular weight excluding hydrogens is 112 g/mol. The molecule has 0 unspecified atom stereocenters. The van der Waals surface area contributed by atoms with Crippen molar-refractivity contribution in [2.24, 2.45) is 4.99 Å². The fourth-order valence-corrected chi connectivity index (χ4v) is 1.07. The van der Waals surface area contributed by atoms with Gasteiger partial charge < -0.3 is 4.57 Å². The van der Waals surface area contributed by atoms with Crippen molar-refractivity contribution in [3.63, 3.8) is 0 Å². The third-order valence-electron chi connectivity index (χ3n) is 1.56. The van der Waals surface area contributed by atoms with Crippen LogP contribution in [0.3, 0.4) is 0 Å². The van der Waals surface area contributed by atoms with Crippen LogP contribution in [-0.2, 0) is 6.54 Å². The molecule has 0 atom stereocenters. The maximum absolute atomic E-state index is 4.14. The molecule has 1 aromatic rings. The normalized spacial score (nSPS) is 15.6. The van der Waals surface area contributed by atoms with E-state index >= 15 is 0 Å². The minimum Gasteiger partial charge on any atom is -0.345 e. The van der Waals surface area contributed by atoms with Crippen molar-refractivity contribution in [1.82, 2.24) is 4.57 Å². The summed E-state index contributed by atoms with van der Waals surface area (Å²) in [4.78, 5) is 4.14. The zero-order valence-electron chi connectivity index (χ0n) is 5.12. The molecule has 1 aliphatic rings. The van der Waals surface area contributed by atoms with E-state index in [1.165, 1.54) is 5.69 Å². The van der Waals surface area contributed by atoms with Crippen LogP contribution in [0.1, 0.15) is 5.69 Å². The number of fused-ring (bicyclic) bond motifs is 1. The molecule has 2 heteroatoms. The molecule has 2 heterocycles. The molecule has 0 spiro atoms. The van der Waals surface area contributed by atoms with Gasteiger partial charge in [0, 0.05) is 19.0 Å². The van der Waals surface area contributed by atoms with Crippen LogP contribution in [0.2, 0.25) is 0 Å². The molecule has 0 bridgehead atoms. The Balaban J connectivity index is 2.53. The van der Waals surface area contributed by atoms with Gasteiger partial charge in [-0.3, -0.25) is 4.99 Å². The van der Waals surface area contributed by atoms with Crippen LogP contribution in [0, 0.1) is 0 Å². The standard InChI is InChI=1S/C7H8N2/c1-2-7-6-8-3-5-9(7)4-1/h1-2,4,6H,3,5H2. The zero-order valence-corrected chi connectivity index (χ0v) is 5.12. The Kier molecular flexibility index (Phi) is 0.918. The molecule has 0 aliphatic carbocycles. The van der Waals surface area contributed by atoms with E-state index in [2.05, 4.69) is 21.8 Å². The lowest BCUT2D eigenvalue weighted by atomic mass is 10.4. The van der Waals surface area contributed by atoms with Gasteiger partial charge in [-0.15, -0.1) is 0 Å². The smallest absolute Gasteiger partial charge is 0.0588 e. The summed E-state index contributed by atoms with van der Waals surface area (Å²) in [5.74, 6) is 0. The summed E-state index contributed by atoms with van der Waals surface area (Å²) in [6.45, 7) is 1.97. The molecule has 0 fully saturated rings. The monoisotopic (exact) mass is 120 g/mol. The van der Waals surface area contributed by atoms with Crippen LogP contribution in [0.5, 0.6) is 0 Å². The summed E-state index contributed by atoms with van der Waals surface area (Å²) in [6, 6.07) is 4.12. The first-order valence-corrected chi connectivity index (χ1v) is 3.12. The summed E-state index contributed by atoms with van der Waals surface area (Å²) in [5.41, 5.74) is 1.22. The maximum atomic E-state index is 4.14. The molecule has 0 aromatic carbocycles. The Morgan fingerprint density at radius 1 is 1.56 bits per heavy atom. The summed E-state index contributed by atoms with van der Waals surface area (Å²) in [5, 5.41) is 0. The predicted octanol–water partition coefficient (Wildman–Crippen LogP) is 0.921. The second kappa shape index (κ2) is 1.72. The van der Waals surface area contributed by atoms with E-state index in [0.29, 0.717) is 0 Å². The summed E-state index contributed by atoms with van der Waals surface area (Å²) >= 11 is 0. The first-order valence-electron chi connectivity index (χ1n) is 3.12. The van der Waals surface area contributed by atoms with Gasteiger partial charge in [-0.05, 0) is 12.1 Å². The topological polar surface area (TPSA) is 17.3 Å². The lowest BCUT2D eigenvalue weighted by Crippen LogP contribution is -2.08. The summed E-state index contributed by atoms with van der Waals surface area (Å²) in [7, 11) is 0. The molecule has 2 rings (SSSR count). The number of rotatable bonds is 0. The lowest BCUT2D eigenvalue weighted by molar-refractivity contribution is 0.695. The van der Waals surface area contributed by atoms with Crippen molar-refractivity contribution < 1.29 is 0 Å². The minimum absolute atomic E-state index is 0.932. The Morgan fingerprint density at radius 2 is 2.56 bits per heavy atom. The molecule has 0 N–H and O–H groups in total. The van der Waals surface area contributed by atoms with Gasteiger partial charge in [0.15, 0.2) is 0 Å². The van der Waals surface area contributed by atoms with Gasteiger partial charge in [0.1, 0.15) is 0 Å². The van der Waals surface area contributed by atoms with Gasteiger partial charge in [-0.25, -0.2) is 0 Å². The van der Waals surface area contributed by atoms with E-state index in [0.717, 1.165) is 13.1 Å². The highest BCUT2D eigenvalue weighted by molar-refractivity contribution is 5.78. The van der Waals surface area contributed by atoms with Crippen molar-refractivity contribution in [1.29, 1.82) is 0 Å². The number of aliphatic imine (C=N–C) groups is 1. The Labute approximate surface area is 53.8 Å². The van der Waals surface area contributed by atoms with Gasteiger partial charge in [0.2, 0.25) is 0 Å². The molecule has 1 aliphatic heterocycles. The van der Waals surface area contributed by atoms with Gasteiger partial charge in [-0.1, -0.05) is 0 Å².